The number of anilines is 1. The minimum Gasteiger partial charge on any atom is -0.491 e. The van der Waals surface area contributed by atoms with Crippen LogP contribution in [0, 0.1) is 0 Å². The lowest BCUT2D eigenvalue weighted by atomic mass is 10.2. The number of benzene rings is 3. The van der Waals surface area contributed by atoms with Crippen molar-refractivity contribution in [2.75, 3.05) is 25.1 Å². The molecule has 3 aromatic carbocycles. The number of carbonyl (C=O) groups is 2. The van der Waals surface area contributed by atoms with Crippen LogP contribution in [0.4, 0.5) is 5.69 Å². The number of hydrogen-bond acceptors (Lipinski definition) is 5. The number of carbonyl (C=O) groups excluding carboxylic acids is 2. The lowest BCUT2D eigenvalue weighted by Gasteiger charge is -2.08. The molecule has 0 heterocycles. The first kappa shape index (κ1) is 20.1. The molecule has 1 amide bonds. The van der Waals surface area contributed by atoms with E-state index in [0.717, 1.165) is 5.75 Å². The summed E-state index contributed by atoms with van der Waals surface area (Å²) in [7, 11) is 0. The van der Waals surface area contributed by atoms with E-state index in [1.54, 1.807) is 48.5 Å². The van der Waals surface area contributed by atoms with Crippen molar-refractivity contribution in [2.45, 2.75) is 0 Å². The summed E-state index contributed by atoms with van der Waals surface area (Å²) in [5, 5.41) is 2.78. The maximum Gasteiger partial charge on any atom is 0.337 e. The fraction of sp³-hybridized carbons (Fsp3) is 0.130. The number of amides is 1. The van der Waals surface area contributed by atoms with E-state index in [4.69, 9.17) is 14.2 Å². The van der Waals surface area contributed by atoms with Crippen LogP contribution in [0.2, 0.25) is 0 Å². The van der Waals surface area contributed by atoms with Gasteiger partial charge in [-0.2, -0.15) is 0 Å². The highest BCUT2D eigenvalue weighted by atomic mass is 16.6. The van der Waals surface area contributed by atoms with Gasteiger partial charge in [-0.3, -0.25) is 4.79 Å². The number of ether oxygens (including phenoxy) is 3. The van der Waals surface area contributed by atoms with Gasteiger partial charge >= 0.3 is 5.97 Å². The highest BCUT2D eigenvalue weighted by molar-refractivity contribution is 6.04. The van der Waals surface area contributed by atoms with Gasteiger partial charge in [0.05, 0.1) is 6.61 Å². The molecule has 0 spiro atoms. The van der Waals surface area contributed by atoms with Crippen LogP contribution in [0.15, 0.2) is 84.9 Å². The Bertz CT molecular complexity index is 911. The summed E-state index contributed by atoms with van der Waals surface area (Å²) in [6.07, 6.45) is 0. The average molecular weight is 391 g/mol. The average Bonchev–Trinajstić information content (AvgIpc) is 2.76. The number of esters is 1. The van der Waals surface area contributed by atoms with Crippen LogP contribution in [0.25, 0.3) is 0 Å². The molecule has 6 heteroatoms. The topological polar surface area (TPSA) is 73.9 Å². The van der Waals surface area contributed by atoms with E-state index in [1.165, 1.54) is 0 Å². The summed E-state index contributed by atoms with van der Waals surface area (Å²) in [6.45, 7) is 0.437. The van der Waals surface area contributed by atoms with Gasteiger partial charge < -0.3 is 19.5 Å². The van der Waals surface area contributed by atoms with Gasteiger partial charge in [-0.1, -0.05) is 36.4 Å². The molecule has 0 aromatic heterocycles. The van der Waals surface area contributed by atoms with Gasteiger partial charge in [0, 0.05) is 11.3 Å². The van der Waals surface area contributed by atoms with E-state index in [2.05, 4.69) is 5.32 Å². The molecule has 0 aliphatic rings. The fourth-order valence-corrected chi connectivity index (χ4v) is 2.45. The second-order valence-electron chi connectivity index (χ2n) is 6.03. The second kappa shape index (κ2) is 10.6. The first-order chi connectivity index (χ1) is 14.2. The van der Waals surface area contributed by atoms with E-state index >= 15 is 0 Å². The molecule has 0 aliphatic heterocycles. The van der Waals surface area contributed by atoms with Crippen molar-refractivity contribution in [2.24, 2.45) is 0 Å². The highest BCUT2D eigenvalue weighted by Gasteiger charge is 2.07. The summed E-state index contributed by atoms with van der Waals surface area (Å²) in [6, 6.07) is 24.8. The first-order valence-electron chi connectivity index (χ1n) is 9.13. The zero-order valence-corrected chi connectivity index (χ0v) is 15.7. The second-order valence-corrected chi connectivity index (χ2v) is 6.03. The van der Waals surface area contributed by atoms with Crippen molar-refractivity contribution in [1.82, 2.24) is 0 Å². The van der Waals surface area contributed by atoms with Crippen molar-refractivity contribution in [1.29, 1.82) is 0 Å². The van der Waals surface area contributed by atoms with E-state index in [1.807, 2.05) is 36.4 Å². The Morgan fingerprint density at radius 1 is 0.724 bits per heavy atom. The minimum atomic E-state index is -0.509. The molecule has 0 unspecified atom stereocenters. The van der Waals surface area contributed by atoms with Crippen molar-refractivity contribution in [3.63, 3.8) is 0 Å². The third-order valence-corrected chi connectivity index (χ3v) is 3.84. The molecular weight excluding hydrogens is 370 g/mol. The molecule has 0 bridgehead atoms. The number of para-hydroxylation sites is 1. The third kappa shape index (κ3) is 6.79. The molecule has 0 atom stereocenters. The Morgan fingerprint density at radius 2 is 1.38 bits per heavy atom. The zero-order chi connectivity index (χ0) is 20.3. The Balaban J connectivity index is 1.36. The van der Waals surface area contributed by atoms with Gasteiger partial charge in [0.25, 0.3) is 5.91 Å². The number of rotatable bonds is 9. The van der Waals surface area contributed by atoms with Crippen molar-refractivity contribution in [3.05, 3.63) is 90.5 Å². The molecule has 29 heavy (non-hydrogen) atoms. The van der Waals surface area contributed by atoms with Crippen LogP contribution in [-0.4, -0.2) is 31.7 Å². The molecule has 3 rings (SSSR count). The molecule has 1 N–H and O–H groups in total. The molecule has 0 fully saturated rings. The highest BCUT2D eigenvalue weighted by Crippen LogP contribution is 2.17. The molecule has 0 radical (unpaired) electrons. The quantitative estimate of drug-likeness (QED) is 0.340. The molecule has 148 valence electrons. The summed E-state index contributed by atoms with van der Waals surface area (Å²) in [5.74, 6) is 0.405. The third-order valence-electron chi connectivity index (χ3n) is 3.84. The smallest absolute Gasteiger partial charge is 0.337 e. The lowest BCUT2D eigenvalue weighted by molar-refractivity contribution is -0.139. The maximum absolute atomic E-state index is 12.1. The molecule has 3 aromatic rings. The Morgan fingerprint density at radius 3 is 2.07 bits per heavy atom. The molecule has 0 saturated carbocycles. The largest absolute Gasteiger partial charge is 0.491 e. The molecular formula is C23H21NO5. The Hall–Kier alpha value is -3.64. The van der Waals surface area contributed by atoms with Gasteiger partial charge in [-0.25, -0.2) is 4.79 Å². The maximum atomic E-state index is 12.1. The SMILES string of the molecule is O=C(COCCOc1ccccc1)Oc1ccc(NC(=O)c2ccccc2)cc1. The first-order valence-corrected chi connectivity index (χ1v) is 9.13. The monoisotopic (exact) mass is 391 g/mol. The van der Waals surface area contributed by atoms with Crippen molar-refractivity contribution < 1.29 is 23.8 Å². The number of hydrogen-bond donors (Lipinski definition) is 1. The summed E-state index contributed by atoms with van der Waals surface area (Å²) in [5.41, 5.74) is 1.17. The van der Waals surface area contributed by atoms with Gasteiger partial charge in [0.2, 0.25) is 0 Å². The van der Waals surface area contributed by atoms with Gasteiger partial charge in [0.15, 0.2) is 0 Å². The van der Waals surface area contributed by atoms with E-state index in [0.29, 0.717) is 23.6 Å². The van der Waals surface area contributed by atoms with Gasteiger partial charge in [-0.05, 0) is 48.5 Å². The van der Waals surface area contributed by atoms with Crippen LogP contribution in [0.1, 0.15) is 10.4 Å². The summed E-state index contributed by atoms with van der Waals surface area (Å²) >= 11 is 0. The fourth-order valence-electron chi connectivity index (χ4n) is 2.45. The van der Waals surface area contributed by atoms with E-state index < -0.39 is 5.97 Å². The molecule has 0 aliphatic carbocycles. The van der Waals surface area contributed by atoms with Crippen LogP contribution >= 0.6 is 0 Å². The molecule has 0 saturated heterocycles. The molecule has 6 nitrogen and oxygen atoms in total. The van der Waals surface area contributed by atoms with Crippen LogP contribution < -0.4 is 14.8 Å². The van der Waals surface area contributed by atoms with Crippen molar-refractivity contribution >= 4 is 17.6 Å². The lowest BCUT2D eigenvalue weighted by Crippen LogP contribution is -2.18. The minimum absolute atomic E-state index is 0.176. The predicted molar refractivity (Wildman–Crippen MR) is 109 cm³/mol. The van der Waals surface area contributed by atoms with Crippen LogP contribution in [0.5, 0.6) is 11.5 Å². The standard InChI is InChI=1S/C23H21NO5/c25-22(17-27-15-16-28-20-9-5-2-6-10-20)29-21-13-11-19(12-14-21)24-23(26)18-7-3-1-4-8-18/h1-14H,15-17H2,(H,24,26). The summed E-state index contributed by atoms with van der Waals surface area (Å²) < 4.78 is 15.9. The summed E-state index contributed by atoms with van der Waals surface area (Å²) in [4.78, 5) is 24.0. The van der Waals surface area contributed by atoms with E-state index in [9.17, 15) is 9.59 Å². The van der Waals surface area contributed by atoms with Crippen LogP contribution in [0.3, 0.4) is 0 Å². The van der Waals surface area contributed by atoms with E-state index in [-0.39, 0.29) is 19.1 Å². The van der Waals surface area contributed by atoms with Gasteiger partial charge in [0.1, 0.15) is 24.7 Å². The predicted octanol–water partition coefficient (Wildman–Crippen LogP) is 3.94. The van der Waals surface area contributed by atoms with Crippen LogP contribution in [-0.2, 0) is 9.53 Å². The number of nitrogens with one attached hydrogen (secondary N) is 1. The zero-order valence-electron chi connectivity index (χ0n) is 15.7. The van der Waals surface area contributed by atoms with Gasteiger partial charge in [-0.15, -0.1) is 0 Å². The normalized spacial score (nSPS) is 10.2. The van der Waals surface area contributed by atoms with Crippen molar-refractivity contribution in [3.8, 4) is 11.5 Å². The Kier molecular flexibility index (Phi) is 7.37. The Labute approximate surface area is 169 Å².